The summed E-state index contributed by atoms with van der Waals surface area (Å²) in [5.41, 5.74) is 2.31. The lowest BCUT2D eigenvalue weighted by molar-refractivity contribution is 0.295. The van der Waals surface area contributed by atoms with Gasteiger partial charge in [-0.3, -0.25) is 4.31 Å². The molecule has 0 bridgehead atoms. The minimum Gasteiger partial charge on any atom is -0.497 e. The third-order valence-corrected chi connectivity index (χ3v) is 6.26. The van der Waals surface area contributed by atoms with Crippen molar-refractivity contribution in [2.45, 2.75) is 31.7 Å². The van der Waals surface area contributed by atoms with Crippen molar-refractivity contribution in [2.75, 3.05) is 18.0 Å². The van der Waals surface area contributed by atoms with Gasteiger partial charge in [0.1, 0.15) is 11.5 Å². The Kier molecular flexibility index (Phi) is 4.96. The van der Waals surface area contributed by atoms with Crippen molar-refractivity contribution in [3.63, 3.8) is 0 Å². The summed E-state index contributed by atoms with van der Waals surface area (Å²) in [6.07, 6.45) is 1.83. The van der Waals surface area contributed by atoms with E-state index in [-0.39, 0.29) is 10.9 Å². The zero-order chi connectivity index (χ0) is 18.9. The smallest absolute Gasteiger partial charge is 0.264 e. The molecule has 1 aliphatic rings. The fraction of sp³-hybridized carbons (Fsp3) is 0.300. The van der Waals surface area contributed by atoms with Crippen LogP contribution in [-0.4, -0.2) is 28.2 Å². The van der Waals surface area contributed by atoms with Gasteiger partial charge in [0.05, 0.1) is 30.3 Å². The highest BCUT2D eigenvalue weighted by atomic mass is 32.2. The van der Waals surface area contributed by atoms with E-state index in [4.69, 9.17) is 9.47 Å². The Morgan fingerprint density at radius 1 is 1.12 bits per heavy atom. The first kappa shape index (κ1) is 18.3. The van der Waals surface area contributed by atoms with E-state index in [1.807, 2.05) is 26.8 Å². The Labute approximate surface area is 154 Å². The van der Waals surface area contributed by atoms with Gasteiger partial charge in [0, 0.05) is 5.56 Å². The average molecular weight is 373 g/mol. The van der Waals surface area contributed by atoms with Crippen molar-refractivity contribution >= 4 is 21.5 Å². The highest BCUT2D eigenvalue weighted by Crippen LogP contribution is 2.40. The molecular formula is C20H23NO4S. The highest BCUT2D eigenvalue weighted by molar-refractivity contribution is 7.92. The van der Waals surface area contributed by atoms with Crippen LogP contribution < -0.4 is 9.04 Å². The Bertz CT molecular complexity index is 933. The minimum absolute atomic E-state index is 0.268. The first-order valence-electron chi connectivity index (χ1n) is 8.52. The Hall–Kier alpha value is -2.47. The van der Waals surface area contributed by atoms with Gasteiger partial charge in [-0.25, -0.2) is 8.42 Å². The van der Waals surface area contributed by atoms with Crippen molar-refractivity contribution in [1.82, 2.24) is 0 Å². The van der Waals surface area contributed by atoms with E-state index in [9.17, 15) is 8.42 Å². The predicted octanol–water partition coefficient (Wildman–Crippen LogP) is 3.98. The summed E-state index contributed by atoms with van der Waals surface area (Å²) in [6.45, 7) is 6.18. The van der Waals surface area contributed by atoms with Crippen molar-refractivity contribution < 1.29 is 17.9 Å². The van der Waals surface area contributed by atoms with Crippen LogP contribution >= 0.6 is 0 Å². The summed E-state index contributed by atoms with van der Waals surface area (Å²) in [4.78, 5) is 0.268. The zero-order valence-corrected chi connectivity index (χ0v) is 16.2. The van der Waals surface area contributed by atoms with E-state index in [2.05, 4.69) is 0 Å². The number of nitrogens with zero attached hydrogens (tertiary/aromatic N) is 1. The lowest BCUT2D eigenvalue weighted by Gasteiger charge is -2.34. The van der Waals surface area contributed by atoms with E-state index >= 15 is 0 Å². The largest absolute Gasteiger partial charge is 0.497 e. The van der Waals surface area contributed by atoms with Gasteiger partial charge in [-0.05, 0) is 57.2 Å². The van der Waals surface area contributed by atoms with E-state index in [0.717, 1.165) is 5.56 Å². The molecule has 0 saturated carbocycles. The molecule has 2 aromatic carbocycles. The summed E-state index contributed by atoms with van der Waals surface area (Å²) in [5.74, 6) is 1.32. The third-order valence-electron chi connectivity index (χ3n) is 4.35. The molecule has 0 unspecified atom stereocenters. The molecule has 0 amide bonds. The monoisotopic (exact) mass is 373 g/mol. The van der Waals surface area contributed by atoms with Crippen molar-refractivity contribution in [3.05, 3.63) is 59.7 Å². The van der Waals surface area contributed by atoms with E-state index in [1.165, 1.54) is 4.31 Å². The number of hydrogen-bond donors (Lipinski definition) is 0. The minimum atomic E-state index is -3.71. The number of ether oxygens (including phenoxy) is 2. The van der Waals surface area contributed by atoms with Crippen LogP contribution in [-0.2, 0) is 14.8 Å². The Balaban J connectivity index is 2.16. The van der Waals surface area contributed by atoms with E-state index in [1.54, 1.807) is 49.6 Å². The van der Waals surface area contributed by atoms with Gasteiger partial charge in [-0.2, -0.15) is 0 Å². The number of anilines is 1. The number of rotatable bonds is 5. The molecule has 2 aromatic rings. The van der Waals surface area contributed by atoms with Gasteiger partial charge < -0.3 is 9.47 Å². The van der Waals surface area contributed by atoms with Gasteiger partial charge in [-0.1, -0.05) is 17.7 Å². The maximum absolute atomic E-state index is 13.3. The quantitative estimate of drug-likeness (QED) is 0.795. The van der Waals surface area contributed by atoms with Gasteiger partial charge in [0.2, 0.25) is 0 Å². The maximum Gasteiger partial charge on any atom is 0.264 e. The maximum atomic E-state index is 13.3. The molecule has 6 heteroatoms. The molecule has 1 aliphatic heterocycles. The van der Waals surface area contributed by atoms with Crippen LogP contribution in [0.4, 0.5) is 5.69 Å². The lowest BCUT2D eigenvalue weighted by atomic mass is 10.0. The molecule has 0 aliphatic carbocycles. The molecule has 1 atom stereocenters. The van der Waals surface area contributed by atoms with Crippen molar-refractivity contribution in [2.24, 2.45) is 0 Å². The Morgan fingerprint density at radius 2 is 1.81 bits per heavy atom. The number of fused-ring (bicyclic) bond motifs is 1. The number of hydrogen-bond acceptors (Lipinski definition) is 4. The zero-order valence-electron chi connectivity index (χ0n) is 15.4. The van der Waals surface area contributed by atoms with Crippen molar-refractivity contribution in [3.8, 4) is 5.75 Å². The van der Waals surface area contributed by atoms with Crippen LogP contribution in [0.1, 0.15) is 25.0 Å². The van der Waals surface area contributed by atoms with Crippen LogP contribution in [0.5, 0.6) is 5.75 Å². The normalized spacial score (nSPS) is 16.7. The second kappa shape index (κ2) is 7.03. The molecule has 26 heavy (non-hydrogen) atoms. The highest BCUT2D eigenvalue weighted by Gasteiger charge is 2.34. The summed E-state index contributed by atoms with van der Waals surface area (Å²) in [7, 11) is -2.13. The summed E-state index contributed by atoms with van der Waals surface area (Å²) in [6, 6.07) is 11.9. The number of benzene rings is 2. The molecule has 3 rings (SSSR count). The van der Waals surface area contributed by atoms with Gasteiger partial charge in [0.25, 0.3) is 10.0 Å². The van der Waals surface area contributed by atoms with Crippen molar-refractivity contribution in [1.29, 1.82) is 0 Å². The number of aryl methyl sites for hydroxylation is 1. The van der Waals surface area contributed by atoms with Gasteiger partial charge in [0.15, 0.2) is 0 Å². The van der Waals surface area contributed by atoms with E-state index in [0.29, 0.717) is 29.4 Å². The standard InChI is InChI=1S/C20H23NO4S/c1-5-25-20-12-15(3)21(19-11-8-16(24-4)13-18(19)20)26(22,23)17-9-6-14(2)7-10-17/h6-13,15H,5H2,1-4H3/t15-/m1/s1. The second-order valence-electron chi connectivity index (χ2n) is 6.20. The first-order valence-corrected chi connectivity index (χ1v) is 9.96. The number of sulfonamides is 1. The molecule has 1 heterocycles. The molecule has 5 nitrogen and oxygen atoms in total. The van der Waals surface area contributed by atoms with Crippen LogP contribution in [0.25, 0.3) is 5.76 Å². The summed E-state index contributed by atoms with van der Waals surface area (Å²) >= 11 is 0. The van der Waals surface area contributed by atoms with Crippen LogP contribution in [0.2, 0.25) is 0 Å². The topological polar surface area (TPSA) is 55.8 Å². The molecule has 0 radical (unpaired) electrons. The molecule has 0 N–H and O–H groups in total. The summed E-state index contributed by atoms with van der Waals surface area (Å²) < 4.78 is 39.1. The fourth-order valence-electron chi connectivity index (χ4n) is 3.08. The molecule has 138 valence electrons. The van der Waals surface area contributed by atoms with E-state index < -0.39 is 10.0 Å². The summed E-state index contributed by atoms with van der Waals surface area (Å²) in [5, 5.41) is 0. The second-order valence-corrected chi connectivity index (χ2v) is 8.02. The van der Waals surface area contributed by atoms with Gasteiger partial charge in [-0.15, -0.1) is 0 Å². The molecule has 0 saturated heterocycles. The van der Waals surface area contributed by atoms with Crippen LogP contribution in [0.15, 0.2) is 53.4 Å². The molecule has 0 aromatic heterocycles. The number of methoxy groups -OCH3 is 1. The molecule has 0 spiro atoms. The van der Waals surface area contributed by atoms with Crippen LogP contribution in [0, 0.1) is 6.92 Å². The SMILES string of the molecule is CCOC1=C[C@@H](C)N(S(=O)(=O)c2ccc(C)cc2)c2ccc(OC)cc21. The first-order chi connectivity index (χ1) is 12.4. The third kappa shape index (κ3) is 3.17. The van der Waals surface area contributed by atoms with Gasteiger partial charge >= 0.3 is 0 Å². The van der Waals surface area contributed by atoms with Crippen LogP contribution in [0.3, 0.4) is 0 Å². The fourth-order valence-corrected chi connectivity index (χ4v) is 4.71. The average Bonchev–Trinajstić information content (AvgIpc) is 2.61. The molecular weight excluding hydrogens is 350 g/mol. The predicted molar refractivity (Wildman–Crippen MR) is 103 cm³/mol. The molecule has 0 fully saturated rings. The lowest BCUT2D eigenvalue weighted by Crippen LogP contribution is -2.40. The Morgan fingerprint density at radius 3 is 2.42 bits per heavy atom.